The van der Waals surface area contributed by atoms with Crippen LogP contribution >= 0.6 is 0 Å². The summed E-state index contributed by atoms with van der Waals surface area (Å²) in [5.74, 6) is 0.127. The lowest BCUT2D eigenvalue weighted by atomic mass is 10.3. The molecule has 6 nitrogen and oxygen atoms in total. The van der Waals surface area contributed by atoms with E-state index in [4.69, 9.17) is 5.11 Å². The fourth-order valence-electron chi connectivity index (χ4n) is 1.12. The summed E-state index contributed by atoms with van der Waals surface area (Å²) in [6.07, 6.45) is 1.93. The summed E-state index contributed by atoms with van der Waals surface area (Å²) in [6, 6.07) is 0. The first-order chi connectivity index (χ1) is 7.22. The van der Waals surface area contributed by atoms with Crippen molar-refractivity contribution in [1.29, 1.82) is 0 Å². The number of rotatable bonds is 4. The Morgan fingerprint density at radius 2 is 2.27 bits per heavy atom. The van der Waals surface area contributed by atoms with Crippen LogP contribution in [0.2, 0.25) is 0 Å². The summed E-state index contributed by atoms with van der Waals surface area (Å²) in [7, 11) is 3.20. The van der Waals surface area contributed by atoms with E-state index in [2.05, 4.69) is 20.6 Å². The summed E-state index contributed by atoms with van der Waals surface area (Å²) >= 11 is 0. The van der Waals surface area contributed by atoms with Crippen LogP contribution in [0.3, 0.4) is 0 Å². The molecule has 0 saturated carbocycles. The number of hydrogen-bond acceptors (Lipinski definition) is 5. The maximum atomic E-state index is 11.4. The first-order valence-corrected chi connectivity index (χ1v) is 4.59. The zero-order valence-corrected chi connectivity index (χ0v) is 8.74. The van der Waals surface area contributed by atoms with Crippen LogP contribution in [0, 0.1) is 0 Å². The largest absolute Gasteiger partial charge is 0.396 e. The molecule has 1 heterocycles. The van der Waals surface area contributed by atoms with E-state index in [1.54, 1.807) is 7.05 Å². The van der Waals surface area contributed by atoms with Crippen molar-refractivity contribution in [3.63, 3.8) is 0 Å². The third-order valence-electron chi connectivity index (χ3n) is 1.87. The number of aromatic nitrogens is 2. The normalized spacial score (nSPS) is 9.80. The fraction of sp³-hybridized carbons (Fsp3) is 0.444. The van der Waals surface area contributed by atoms with Gasteiger partial charge < -0.3 is 15.7 Å². The minimum atomic E-state index is -0.299. The van der Waals surface area contributed by atoms with E-state index in [1.807, 2.05) is 0 Å². The number of anilines is 1. The molecule has 0 spiro atoms. The van der Waals surface area contributed by atoms with Crippen LogP contribution in [0.15, 0.2) is 6.20 Å². The van der Waals surface area contributed by atoms with Crippen molar-refractivity contribution in [2.45, 2.75) is 6.42 Å². The molecule has 0 saturated heterocycles. The molecule has 0 atom stereocenters. The van der Waals surface area contributed by atoms with Gasteiger partial charge in [0, 0.05) is 27.1 Å². The van der Waals surface area contributed by atoms with Crippen LogP contribution < -0.4 is 10.6 Å². The fourth-order valence-corrected chi connectivity index (χ4v) is 1.12. The molecule has 3 N–H and O–H groups in total. The second kappa shape index (κ2) is 5.26. The molecule has 0 aromatic carbocycles. The number of nitrogens with one attached hydrogen (secondary N) is 2. The molecule has 0 bridgehead atoms. The van der Waals surface area contributed by atoms with Crippen molar-refractivity contribution in [3.05, 3.63) is 17.6 Å². The van der Waals surface area contributed by atoms with E-state index < -0.39 is 0 Å². The van der Waals surface area contributed by atoms with Gasteiger partial charge in [-0.1, -0.05) is 0 Å². The van der Waals surface area contributed by atoms with Gasteiger partial charge >= 0.3 is 0 Å². The molecular weight excluding hydrogens is 196 g/mol. The smallest absolute Gasteiger partial charge is 0.273 e. The highest BCUT2D eigenvalue weighted by Crippen LogP contribution is 2.09. The number of carbonyl (C=O) groups is 1. The molecule has 0 unspecified atom stereocenters. The summed E-state index contributed by atoms with van der Waals surface area (Å²) in [5, 5.41) is 14.0. The number of hydrogen-bond donors (Lipinski definition) is 3. The van der Waals surface area contributed by atoms with Gasteiger partial charge in [0.1, 0.15) is 0 Å². The Kier molecular flexibility index (Phi) is 3.99. The van der Waals surface area contributed by atoms with Crippen LogP contribution in [0.5, 0.6) is 0 Å². The average Bonchev–Trinajstić information content (AvgIpc) is 2.28. The van der Waals surface area contributed by atoms with E-state index >= 15 is 0 Å². The van der Waals surface area contributed by atoms with E-state index in [0.29, 0.717) is 17.9 Å². The lowest BCUT2D eigenvalue weighted by Crippen LogP contribution is -2.22. The van der Waals surface area contributed by atoms with Gasteiger partial charge in [-0.2, -0.15) is 0 Å². The molecular formula is C9H14N4O2. The number of carbonyl (C=O) groups excluding carboxylic acids is 1. The summed E-state index contributed by atoms with van der Waals surface area (Å²) in [4.78, 5) is 19.6. The monoisotopic (exact) mass is 210 g/mol. The Balaban J connectivity index is 3.07. The average molecular weight is 210 g/mol. The van der Waals surface area contributed by atoms with Gasteiger partial charge in [0.15, 0.2) is 11.5 Å². The number of aliphatic hydroxyl groups excluding tert-OH is 1. The number of amides is 1. The van der Waals surface area contributed by atoms with E-state index in [1.165, 1.54) is 13.2 Å². The lowest BCUT2D eigenvalue weighted by Gasteiger charge is -2.07. The molecule has 0 aliphatic heterocycles. The molecule has 1 aromatic rings. The van der Waals surface area contributed by atoms with E-state index in [9.17, 15) is 4.79 Å². The summed E-state index contributed by atoms with van der Waals surface area (Å²) in [6.45, 7) is -0.0131. The van der Waals surface area contributed by atoms with Crippen LogP contribution in [-0.2, 0) is 6.42 Å². The van der Waals surface area contributed by atoms with Crippen molar-refractivity contribution in [3.8, 4) is 0 Å². The standard InChI is InChI=1S/C9H14N4O2/c1-10-8-7(9(15)11-2)13-6(3-4-14)5-12-8/h5,14H,3-4H2,1-2H3,(H,10,12)(H,11,15). The topological polar surface area (TPSA) is 87.1 Å². The molecule has 1 amide bonds. The van der Waals surface area contributed by atoms with Gasteiger partial charge in [0.2, 0.25) is 0 Å². The maximum Gasteiger partial charge on any atom is 0.273 e. The second-order valence-electron chi connectivity index (χ2n) is 2.86. The van der Waals surface area contributed by atoms with Gasteiger partial charge in [-0.25, -0.2) is 9.97 Å². The van der Waals surface area contributed by atoms with E-state index in [-0.39, 0.29) is 18.2 Å². The molecule has 0 fully saturated rings. The first-order valence-electron chi connectivity index (χ1n) is 4.59. The van der Waals surface area contributed by atoms with Gasteiger partial charge in [-0.15, -0.1) is 0 Å². The molecule has 0 aliphatic rings. The maximum absolute atomic E-state index is 11.4. The minimum Gasteiger partial charge on any atom is -0.396 e. The van der Waals surface area contributed by atoms with Crippen LogP contribution in [0.4, 0.5) is 5.82 Å². The Bertz CT molecular complexity index is 354. The highest BCUT2D eigenvalue weighted by atomic mass is 16.3. The quantitative estimate of drug-likeness (QED) is 0.618. The molecule has 0 aliphatic carbocycles. The Morgan fingerprint density at radius 1 is 1.53 bits per heavy atom. The van der Waals surface area contributed by atoms with Crippen LogP contribution in [0.1, 0.15) is 16.2 Å². The Labute approximate surface area is 87.8 Å². The summed E-state index contributed by atoms with van der Waals surface area (Å²) in [5.41, 5.74) is 0.834. The third-order valence-corrected chi connectivity index (χ3v) is 1.87. The van der Waals surface area contributed by atoms with Crippen LogP contribution in [-0.4, -0.2) is 41.7 Å². The van der Waals surface area contributed by atoms with Crippen molar-refractivity contribution < 1.29 is 9.90 Å². The van der Waals surface area contributed by atoms with Gasteiger partial charge in [0.25, 0.3) is 5.91 Å². The predicted molar refractivity (Wildman–Crippen MR) is 55.8 cm³/mol. The molecule has 1 rings (SSSR count). The Hall–Kier alpha value is -1.69. The highest BCUT2D eigenvalue weighted by molar-refractivity contribution is 5.96. The molecule has 82 valence electrons. The minimum absolute atomic E-state index is 0.0131. The number of nitrogens with zero attached hydrogens (tertiary/aromatic N) is 2. The number of aliphatic hydroxyl groups is 1. The molecule has 1 aromatic heterocycles. The van der Waals surface area contributed by atoms with Crippen LogP contribution in [0.25, 0.3) is 0 Å². The van der Waals surface area contributed by atoms with E-state index in [0.717, 1.165) is 0 Å². The van der Waals surface area contributed by atoms with Gasteiger partial charge in [-0.3, -0.25) is 4.79 Å². The van der Waals surface area contributed by atoms with Crippen molar-refractivity contribution >= 4 is 11.7 Å². The zero-order chi connectivity index (χ0) is 11.3. The Morgan fingerprint density at radius 3 is 2.80 bits per heavy atom. The molecule has 6 heteroatoms. The highest BCUT2D eigenvalue weighted by Gasteiger charge is 2.13. The second-order valence-corrected chi connectivity index (χ2v) is 2.86. The molecule has 0 radical (unpaired) electrons. The SMILES string of the molecule is CNC(=O)c1nc(CCO)cnc1NC. The summed E-state index contributed by atoms with van der Waals surface area (Å²) < 4.78 is 0. The van der Waals surface area contributed by atoms with Gasteiger partial charge in [0.05, 0.1) is 11.9 Å². The predicted octanol–water partition coefficient (Wildman–Crippen LogP) is -0.587. The first kappa shape index (κ1) is 11.4. The third kappa shape index (κ3) is 2.63. The van der Waals surface area contributed by atoms with Gasteiger partial charge in [-0.05, 0) is 0 Å². The molecule has 15 heavy (non-hydrogen) atoms. The lowest BCUT2D eigenvalue weighted by molar-refractivity contribution is 0.0958. The van der Waals surface area contributed by atoms with Crippen molar-refractivity contribution in [2.24, 2.45) is 0 Å². The van der Waals surface area contributed by atoms with Crippen molar-refractivity contribution in [2.75, 3.05) is 26.0 Å². The van der Waals surface area contributed by atoms with Crippen molar-refractivity contribution in [1.82, 2.24) is 15.3 Å². The zero-order valence-electron chi connectivity index (χ0n) is 8.74.